The van der Waals surface area contributed by atoms with Gasteiger partial charge in [-0.25, -0.2) is 19.6 Å². The normalized spacial score (nSPS) is 5.33. The van der Waals surface area contributed by atoms with E-state index in [1.807, 2.05) is 0 Å². The third kappa shape index (κ3) is 446. The van der Waals surface area contributed by atoms with Crippen molar-refractivity contribution < 1.29 is 20.4 Å². The molecule has 0 spiro atoms. The van der Waals surface area contributed by atoms with Crippen LogP contribution in [0.2, 0.25) is 0 Å². The number of hydrogen-bond acceptors (Lipinski definition) is 0. The zero-order chi connectivity index (χ0) is 6.28. The Morgan fingerprint density at radius 1 is 1.33 bits per heavy atom. The van der Waals surface area contributed by atoms with Gasteiger partial charge in [0, 0.05) is 20.4 Å². The van der Waals surface area contributed by atoms with Gasteiger partial charge in [-0.1, -0.05) is 0 Å². The van der Waals surface area contributed by atoms with Gasteiger partial charge in [0.1, 0.15) is 0 Å². The summed E-state index contributed by atoms with van der Waals surface area (Å²) in [5, 5.41) is 0. The van der Waals surface area contributed by atoms with Crippen LogP contribution < -0.4 is 0 Å². The van der Waals surface area contributed by atoms with Crippen LogP contribution in [0.3, 0.4) is 0 Å². The molecule has 0 aromatic heterocycles. The van der Waals surface area contributed by atoms with Gasteiger partial charge < -0.3 is 0 Å². The van der Waals surface area contributed by atoms with Crippen LogP contribution in [0, 0.1) is 6.92 Å². The molecule has 0 saturated heterocycles. The molecule has 0 unspecified atom stereocenters. The van der Waals surface area contributed by atoms with Crippen LogP contribution in [0.25, 0.3) is 0 Å². The van der Waals surface area contributed by atoms with E-state index in [0.29, 0.717) is 7.92 Å². The molecule has 0 aromatic carbocycles. The largest absolute Gasteiger partial charge is 0.245 e. The van der Waals surface area contributed by atoms with Crippen molar-refractivity contribution in [3.63, 3.8) is 0 Å². The zero-order valence-corrected chi connectivity index (χ0v) is 9.43. The molecule has 62 valence electrons. The van der Waals surface area contributed by atoms with Crippen LogP contribution in [-0.4, -0.2) is 20.0 Å². The Balaban J connectivity index is -0.0000000233. The van der Waals surface area contributed by atoms with Crippen molar-refractivity contribution in [1.29, 1.82) is 0 Å². The summed E-state index contributed by atoms with van der Waals surface area (Å²) in [5.74, 6) is 0. The fourth-order valence-corrected chi connectivity index (χ4v) is 0. The summed E-state index contributed by atoms with van der Waals surface area (Å²) in [5.41, 5.74) is 0. The summed E-state index contributed by atoms with van der Waals surface area (Å²) in [6, 6.07) is 0. The van der Waals surface area contributed by atoms with Gasteiger partial charge in [-0.05, 0) is 20.0 Å². The Hall–Kier alpha value is 0.992. The number of halogens is 1. The van der Waals surface area contributed by atoms with E-state index in [9.17, 15) is 0 Å². The maximum absolute atomic E-state index is 3.25. The van der Waals surface area contributed by atoms with Gasteiger partial charge in [-0.2, -0.15) is 0 Å². The molecule has 0 aromatic rings. The smallest absolute Gasteiger partial charge is 0 e. The molecule has 0 saturated carbocycles. The molecule has 0 heterocycles. The molecule has 0 fully saturated rings. The van der Waals surface area contributed by atoms with Crippen molar-refractivity contribution in [2.24, 2.45) is 0 Å². The number of hydrogen-bond donors (Lipinski definition) is 0. The van der Waals surface area contributed by atoms with Crippen LogP contribution in [0.5, 0.6) is 0 Å². The van der Waals surface area contributed by atoms with E-state index in [1.165, 1.54) is 6.08 Å². The van der Waals surface area contributed by atoms with Crippen LogP contribution in [0.4, 0.5) is 0 Å². The topological polar surface area (TPSA) is 0 Å². The zero-order valence-electron chi connectivity index (χ0n) is 6.16. The molecule has 9 heavy (non-hydrogen) atoms. The van der Waals surface area contributed by atoms with Gasteiger partial charge in [0.2, 0.25) is 0 Å². The Morgan fingerprint density at radius 3 is 1.33 bits per heavy atom. The summed E-state index contributed by atoms with van der Waals surface area (Å²) in [4.78, 5) is 0. The summed E-state index contributed by atoms with van der Waals surface area (Å²) < 4.78 is 0. The minimum absolute atomic E-state index is 0. The summed E-state index contributed by atoms with van der Waals surface area (Å²) >= 11 is 0. The average molecular weight is 260 g/mol. The molecule has 0 aliphatic carbocycles. The Kier molecular flexibility index (Phi) is 57.6. The van der Waals surface area contributed by atoms with Crippen molar-refractivity contribution in [1.82, 2.24) is 0 Å². The SMILES string of the molecule is C=C[CH2-].CP(C)C.Cl.[Pd]. The van der Waals surface area contributed by atoms with E-state index in [2.05, 4.69) is 33.5 Å². The number of allylic oxidation sites excluding steroid dienone is 1. The van der Waals surface area contributed by atoms with Crippen molar-refractivity contribution in [2.75, 3.05) is 20.0 Å². The molecule has 0 atom stereocenters. The van der Waals surface area contributed by atoms with Crippen LogP contribution in [-0.2, 0) is 20.4 Å². The van der Waals surface area contributed by atoms with Crippen molar-refractivity contribution >= 4 is 20.3 Å². The quantitative estimate of drug-likeness (QED) is 0.357. The second kappa shape index (κ2) is 23.0. The molecule has 0 rings (SSSR count). The van der Waals surface area contributed by atoms with Gasteiger partial charge in [-0.3, -0.25) is 0 Å². The van der Waals surface area contributed by atoms with Gasteiger partial charge >= 0.3 is 0 Å². The number of rotatable bonds is 0. The molecule has 0 N–H and O–H groups in total. The monoisotopic (exact) mass is 259 g/mol. The van der Waals surface area contributed by atoms with Crippen molar-refractivity contribution in [2.45, 2.75) is 0 Å². The summed E-state index contributed by atoms with van der Waals surface area (Å²) in [6.45, 7) is 13.2. The first-order chi connectivity index (χ1) is 3.15. The maximum Gasteiger partial charge on any atom is 0 e. The Labute approximate surface area is 80.3 Å². The fourth-order valence-electron chi connectivity index (χ4n) is 0. The van der Waals surface area contributed by atoms with Crippen molar-refractivity contribution in [3.05, 3.63) is 19.6 Å². The standard InChI is InChI=1S/C3H9P.C3H5.ClH.Pd/c1-4(2)3;1-3-2;;/h1-3H3;3H,1-2H2;1H;/q;-1;;. The van der Waals surface area contributed by atoms with E-state index in [0.717, 1.165) is 0 Å². The van der Waals surface area contributed by atoms with Gasteiger partial charge in [0.05, 0.1) is 0 Å². The van der Waals surface area contributed by atoms with E-state index in [4.69, 9.17) is 0 Å². The van der Waals surface area contributed by atoms with E-state index >= 15 is 0 Å². The summed E-state index contributed by atoms with van der Waals surface area (Å²) in [7, 11) is 0.380. The first-order valence-electron chi connectivity index (χ1n) is 2.16. The van der Waals surface area contributed by atoms with E-state index in [1.54, 1.807) is 0 Å². The second-order valence-corrected chi connectivity index (χ2v) is 4.31. The molecule has 3 heteroatoms. The van der Waals surface area contributed by atoms with Crippen LogP contribution >= 0.6 is 20.3 Å². The predicted octanol–water partition coefficient (Wildman–Crippen LogP) is 2.78. The van der Waals surface area contributed by atoms with Gasteiger partial charge in [0.15, 0.2) is 0 Å². The molecule has 0 aliphatic rings. The molecule has 0 amide bonds. The maximum atomic E-state index is 3.25. The average Bonchev–Trinajstić information content (AvgIpc) is 1.33. The third-order valence-electron chi connectivity index (χ3n) is 0. The van der Waals surface area contributed by atoms with Gasteiger partial charge in [-0.15, -0.1) is 20.3 Å². The fraction of sp³-hybridized carbons (Fsp3) is 0.500. The summed E-state index contributed by atoms with van der Waals surface area (Å²) in [6.07, 6.45) is 1.50. The van der Waals surface area contributed by atoms with E-state index in [-0.39, 0.29) is 32.8 Å². The first-order valence-corrected chi connectivity index (χ1v) is 4.84. The Morgan fingerprint density at radius 2 is 1.33 bits per heavy atom. The first kappa shape index (κ1) is 22.5. The Bertz CT molecular complexity index is 37.3. The molecular weight excluding hydrogens is 245 g/mol. The van der Waals surface area contributed by atoms with Crippen molar-refractivity contribution in [3.8, 4) is 0 Å². The minimum Gasteiger partial charge on any atom is -0.245 e. The van der Waals surface area contributed by atoms with E-state index < -0.39 is 0 Å². The molecular formula is C6H15ClPPd-. The molecule has 0 aliphatic heterocycles. The van der Waals surface area contributed by atoms with Crippen LogP contribution in [0.15, 0.2) is 12.7 Å². The molecule has 0 nitrogen and oxygen atoms in total. The third-order valence-corrected chi connectivity index (χ3v) is 0. The minimum atomic E-state index is 0. The molecule has 0 radical (unpaired) electrons. The van der Waals surface area contributed by atoms with Gasteiger partial charge in [0.25, 0.3) is 0 Å². The second-order valence-electron chi connectivity index (χ2n) is 1.63. The predicted molar refractivity (Wildman–Crippen MR) is 47.5 cm³/mol. The molecule has 0 bridgehead atoms. The van der Waals surface area contributed by atoms with Crippen LogP contribution in [0.1, 0.15) is 0 Å².